The highest BCUT2D eigenvalue weighted by molar-refractivity contribution is 7.97. The van der Waals surface area contributed by atoms with Crippen LogP contribution in [0.2, 0.25) is 0 Å². The van der Waals surface area contributed by atoms with Gasteiger partial charge in [-0.05, 0) is 60.8 Å². The van der Waals surface area contributed by atoms with Crippen molar-refractivity contribution in [3.05, 3.63) is 54.1 Å². The first kappa shape index (κ1) is 19.7. The van der Waals surface area contributed by atoms with Crippen LogP contribution in [0.1, 0.15) is 16.8 Å². The Morgan fingerprint density at radius 2 is 1.85 bits per heavy atom. The second kappa shape index (κ2) is 8.32. The molecule has 1 amide bonds. The lowest BCUT2D eigenvalue weighted by molar-refractivity contribution is -0.274. The summed E-state index contributed by atoms with van der Waals surface area (Å²) < 4.78 is 57.1. The third kappa shape index (κ3) is 5.72. The number of carbonyl (C=O) groups excluding carboxylic acids is 1. The van der Waals surface area contributed by atoms with Crippen LogP contribution in [-0.2, 0) is 11.0 Å². The molecule has 144 valence electrons. The summed E-state index contributed by atoms with van der Waals surface area (Å²) in [4.78, 5) is 13.5. The van der Waals surface area contributed by atoms with Crippen molar-refractivity contribution in [2.24, 2.45) is 0 Å². The van der Waals surface area contributed by atoms with Gasteiger partial charge in [0.25, 0.3) is 5.91 Å². The first-order valence-corrected chi connectivity index (χ1v) is 9.84. The molecule has 1 fully saturated rings. The van der Waals surface area contributed by atoms with E-state index in [4.69, 9.17) is 0 Å². The molecule has 10 heteroatoms. The van der Waals surface area contributed by atoms with Gasteiger partial charge in [-0.1, -0.05) is 6.07 Å². The van der Waals surface area contributed by atoms with Gasteiger partial charge in [0.1, 0.15) is 5.75 Å². The Morgan fingerprint density at radius 3 is 2.44 bits per heavy atom. The zero-order valence-electron chi connectivity index (χ0n) is 13.9. The fourth-order valence-electron chi connectivity index (χ4n) is 2.18. The van der Waals surface area contributed by atoms with Crippen molar-refractivity contribution >= 4 is 28.8 Å². The largest absolute Gasteiger partial charge is 0.573 e. The number of halogens is 3. The number of rotatable bonds is 6. The number of benzene rings is 2. The van der Waals surface area contributed by atoms with Crippen molar-refractivity contribution in [1.29, 1.82) is 0 Å². The summed E-state index contributed by atoms with van der Waals surface area (Å²) in [6.45, 7) is 2.01. The predicted octanol–water partition coefficient (Wildman–Crippen LogP) is 3.75. The molecule has 1 unspecified atom stereocenters. The van der Waals surface area contributed by atoms with Crippen LogP contribution in [0, 0.1) is 0 Å². The van der Waals surface area contributed by atoms with Gasteiger partial charge >= 0.3 is 6.36 Å². The summed E-state index contributed by atoms with van der Waals surface area (Å²) in [5, 5.41) is 0. The molecule has 3 rings (SSSR count). The Kier molecular flexibility index (Phi) is 6.08. The van der Waals surface area contributed by atoms with E-state index in [0.717, 1.165) is 36.5 Å². The topological polar surface area (TPSA) is 58.6 Å². The quantitative estimate of drug-likeness (QED) is 0.727. The highest BCUT2D eigenvalue weighted by Gasteiger charge is 2.31. The van der Waals surface area contributed by atoms with Crippen LogP contribution in [0.15, 0.2) is 58.3 Å². The number of ether oxygens (including phenoxy) is 1. The summed E-state index contributed by atoms with van der Waals surface area (Å²) in [6, 6.07) is 11.4. The Labute approximate surface area is 160 Å². The molecule has 0 saturated carbocycles. The van der Waals surface area contributed by atoms with Gasteiger partial charge in [-0.25, -0.2) is 8.51 Å². The summed E-state index contributed by atoms with van der Waals surface area (Å²) in [5.41, 5.74) is 0.0731. The maximum atomic E-state index is 12.4. The van der Waals surface area contributed by atoms with E-state index in [9.17, 15) is 22.2 Å². The lowest BCUT2D eigenvalue weighted by Crippen LogP contribution is -2.30. The van der Waals surface area contributed by atoms with Gasteiger partial charge < -0.3 is 4.74 Å². The maximum absolute atomic E-state index is 12.4. The molecule has 0 spiro atoms. The van der Waals surface area contributed by atoms with Gasteiger partial charge in [-0.3, -0.25) is 9.52 Å². The number of hydrogen-bond acceptors (Lipinski definition) is 5. The van der Waals surface area contributed by atoms with Crippen molar-refractivity contribution < 1.29 is 26.9 Å². The second-order valence-electron chi connectivity index (χ2n) is 5.62. The fraction of sp³-hybridized carbons (Fsp3) is 0.235. The van der Waals surface area contributed by atoms with E-state index < -0.39 is 29.0 Å². The monoisotopic (exact) mass is 416 g/mol. The van der Waals surface area contributed by atoms with Gasteiger partial charge in [0.05, 0.1) is 4.90 Å². The van der Waals surface area contributed by atoms with E-state index in [1.807, 2.05) is 6.07 Å². The van der Waals surface area contributed by atoms with Crippen LogP contribution in [0.5, 0.6) is 5.75 Å². The molecule has 1 aliphatic rings. The van der Waals surface area contributed by atoms with Crippen molar-refractivity contribution in [2.75, 3.05) is 13.1 Å². The summed E-state index contributed by atoms with van der Waals surface area (Å²) in [7, 11) is -1.79. The van der Waals surface area contributed by atoms with Crippen molar-refractivity contribution in [1.82, 2.24) is 9.03 Å². The first-order valence-electron chi connectivity index (χ1n) is 7.92. The number of hydrogen-bond donors (Lipinski definition) is 1. The molecule has 1 aliphatic heterocycles. The zero-order valence-corrected chi connectivity index (χ0v) is 15.5. The zero-order chi connectivity index (χ0) is 19.4. The lowest BCUT2D eigenvalue weighted by Gasteiger charge is -2.29. The van der Waals surface area contributed by atoms with E-state index in [0.29, 0.717) is 4.90 Å². The molecule has 5 nitrogen and oxygen atoms in total. The van der Waals surface area contributed by atoms with Crippen molar-refractivity contribution in [2.45, 2.75) is 22.6 Å². The van der Waals surface area contributed by atoms with Crippen LogP contribution in [0.4, 0.5) is 13.2 Å². The molecule has 0 bridgehead atoms. The SMILES string of the molecule is O=C(NS(=O)c1cccc(SN2CCC2)c1)c1ccc(OC(F)(F)F)cc1. The third-order valence-corrected chi connectivity index (χ3v) is 5.75. The van der Waals surface area contributed by atoms with Crippen LogP contribution in [0.3, 0.4) is 0 Å². The van der Waals surface area contributed by atoms with Crippen LogP contribution in [0.25, 0.3) is 0 Å². The molecule has 1 heterocycles. The molecule has 27 heavy (non-hydrogen) atoms. The summed E-state index contributed by atoms with van der Waals surface area (Å²) >= 11 is 1.56. The van der Waals surface area contributed by atoms with Gasteiger partial charge in [0.15, 0.2) is 11.0 Å². The molecule has 1 atom stereocenters. The molecule has 2 aromatic carbocycles. The normalized spacial score (nSPS) is 15.7. The average molecular weight is 416 g/mol. The van der Waals surface area contributed by atoms with Gasteiger partial charge in [-0.15, -0.1) is 13.2 Å². The molecular formula is C17H15F3N2O3S2. The highest BCUT2D eigenvalue weighted by Crippen LogP contribution is 2.28. The Bertz CT molecular complexity index is 840. The number of amides is 1. The molecule has 0 aromatic heterocycles. The van der Waals surface area contributed by atoms with Crippen LogP contribution in [-0.4, -0.2) is 33.9 Å². The van der Waals surface area contributed by atoms with E-state index in [2.05, 4.69) is 13.8 Å². The smallest absolute Gasteiger partial charge is 0.406 e. The molecule has 2 aromatic rings. The molecule has 1 N–H and O–H groups in total. The minimum absolute atomic E-state index is 0.0731. The number of alkyl halides is 3. The average Bonchev–Trinajstić information content (AvgIpc) is 2.57. The maximum Gasteiger partial charge on any atom is 0.573 e. The van der Waals surface area contributed by atoms with E-state index in [-0.39, 0.29) is 5.56 Å². The summed E-state index contributed by atoms with van der Waals surface area (Å²) in [5.74, 6) is -1.09. The van der Waals surface area contributed by atoms with Crippen molar-refractivity contribution in [3.8, 4) is 5.75 Å². The Balaban J connectivity index is 1.61. The lowest BCUT2D eigenvalue weighted by atomic mass is 10.2. The summed E-state index contributed by atoms with van der Waals surface area (Å²) in [6.07, 6.45) is -3.65. The first-order chi connectivity index (χ1) is 12.8. The molecule has 0 radical (unpaired) electrons. The standard InChI is InChI=1S/C17H15F3N2O3S2/c18-17(19,20)25-13-7-5-12(6-8-13)16(23)21-27(24)15-4-1-3-14(11-15)26-22-9-2-10-22/h1,3-8,11H,2,9-10H2,(H,21,23). The number of nitrogens with zero attached hydrogens (tertiary/aromatic N) is 1. The molecular weight excluding hydrogens is 401 g/mol. The predicted molar refractivity (Wildman–Crippen MR) is 95.5 cm³/mol. The third-order valence-electron chi connectivity index (χ3n) is 3.60. The van der Waals surface area contributed by atoms with Gasteiger partial charge in [0, 0.05) is 23.5 Å². The van der Waals surface area contributed by atoms with E-state index in [1.165, 1.54) is 12.1 Å². The minimum atomic E-state index is -4.80. The fourth-order valence-corrected chi connectivity index (χ4v) is 4.16. The molecule has 0 aliphatic carbocycles. The number of carbonyl (C=O) groups is 1. The van der Waals surface area contributed by atoms with Crippen LogP contribution < -0.4 is 9.46 Å². The van der Waals surface area contributed by atoms with Crippen molar-refractivity contribution in [3.63, 3.8) is 0 Å². The second-order valence-corrected chi connectivity index (χ2v) is 8.00. The Morgan fingerprint density at radius 1 is 1.15 bits per heavy atom. The highest BCUT2D eigenvalue weighted by atomic mass is 32.2. The number of nitrogens with one attached hydrogen (secondary N) is 1. The van der Waals surface area contributed by atoms with Gasteiger partial charge in [-0.2, -0.15) is 0 Å². The molecule has 1 saturated heterocycles. The minimum Gasteiger partial charge on any atom is -0.406 e. The Hall–Kier alpha value is -2.04. The van der Waals surface area contributed by atoms with E-state index >= 15 is 0 Å². The van der Waals surface area contributed by atoms with Gasteiger partial charge in [0.2, 0.25) is 0 Å². The van der Waals surface area contributed by atoms with Crippen LogP contribution >= 0.6 is 11.9 Å². The van der Waals surface area contributed by atoms with E-state index in [1.54, 1.807) is 30.1 Å².